The fourth-order valence-corrected chi connectivity index (χ4v) is 2.79. The largest absolute Gasteiger partial charge is 0.372 e. The van der Waals surface area contributed by atoms with Crippen LogP contribution in [0.15, 0.2) is 17.2 Å². The molecule has 0 bridgehead atoms. The Labute approximate surface area is 107 Å². The van der Waals surface area contributed by atoms with Gasteiger partial charge in [-0.25, -0.2) is 18.1 Å². The molecule has 0 amide bonds. The molecular formula is C10H16ClN3O2S. The summed E-state index contributed by atoms with van der Waals surface area (Å²) in [6.07, 6.45) is 2.00. The summed E-state index contributed by atoms with van der Waals surface area (Å²) < 4.78 is 26.4. The zero-order valence-electron chi connectivity index (χ0n) is 9.99. The van der Waals surface area contributed by atoms with Crippen LogP contribution in [-0.2, 0) is 10.0 Å². The van der Waals surface area contributed by atoms with Gasteiger partial charge >= 0.3 is 0 Å². The fraction of sp³-hybridized carbons (Fsp3) is 0.500. The predicted octanol–water partition coefficient (Wildman–Crippen LogP) is 1.85. The Morgan fingerprint density at radius 2 is 2.18 bits per heavy atom. The van der Waals surface area contributed by atoms with Crippen LogP contribution in [0, 0.1) is 0 Å². The Kier molecular flexibility index (Phi) is 4.73. The van der Waals surface area contributed by atoms with Crippen molar-refractivity contribution in [3.05, 3.63) is 17.3 Å². The molecule has 0 spiro atoms. The van der Waals surface area contributed by atoms with E-state index in [1.807, 2.05) is 6.92 Å². The SMILES string of the molecule is CCC(C)NS(=O)(=O)c1cnc(NC)c(Cl)c1. The summed E-state index contributed by atoms with van der Waals surface area (Å²) in [7, 11) is -1.88. The molecule has 5 nitrogen and oxygen atoms in total. The maximum absolute atomic E-state index is 11.9. The molecule has 0 saturated heterocycles. The van der Waals surface area contributed by atoms with Crippen molar-refractivity contribution >= 4 is 27.4 Å². The quantitative estimate of drug-likeness (QED) is 0.862. The van der Waals surface area contributed by atoms with Gasteiger partial charge in [-0.2, -0.15) is 0 Å². The highest BCUT2D eigenvalue weighted by Gasteiger charge is 2.18. The predicted molar refractivity (Wildman–Crippen MR) is 68.9 cm³/mol. The molecule has 1 unspecified atom stereocenters. The standard InChI is InChI=1S/C10H16ClN3O2S/c1-4-7(2)14-17(15,16)8-5-9(11)10(12-3)13-6-8/h5-7,14H,4H2,1-3H3,(H,12,13). The summed E-state index contributed by atoms with van der Waals surface area (Å²) in [5.74, 6) is 0.453. The number of hydrogen-bond acceptors (Lipinski definition) is 4. The number of halogens is 1. The van der Waals surface area contributed by atoms with Crippen molar-refractivity contribution in [2.45, 2.75) is 31.2 Å². The van der Waals surface area contributed by atoms with Gasteiger partial charge in [0.25, 0.3) is 0 Å². The van der Waals surface area contributed by atoms with Crippen LogP contribution >= 0.6 is 11.6 Å². The Morgan fingerprint density at radius 1 is 1.53 bits per heavy atom. The molecule has 1 heterocycles. The molecule has 0 aliphatic heterocycles. The van der Waals surface area contributed by atoms with Gasteiger partial charge in [0.15, 0.2) is 0 Å². The van der Waals surface area contributed by atoms with E-state index in [-0.39, 0.29) is 16.0 Å². The average Bonchev–Trinajstić information content (AvgIpc) is 2.28. The Balaban J connectivity index is 3.04. The van der Waals surface area contributed by atoms with E-state index in [0.29, 0.717) is 5.82 Å². The number of sulfonamides is 1. The number of anilines is 1. The molecule has 0 fully saturated rings. The molecule has 2 N–H and O–H groups in total. The van der Waals surface area contributed by atoms with E-state index in [2.05, 4.69) is 15.0 Å². The smallest absolute Gasteiger partial charge is 0.242 e. The van der Waals surface area contributed by atoms with Gasteiger partial charge in [0.2, 0.25) is 10.0 Å². The lowest BCUT2D eigenvalue weighted by Gasteiger charge is -2.12. The summed E-state index contributed by atoms with van der Waals surface area (Å²) >= 11 is 5.89. The molecule has 17 heavy (non-hydrogen) atoms. The van der Waals surface area contributed by atoms with Gasteiger partial charge in [-0.05, 0) is 19.4 Å². The lowest BCUT2D eigenvalue weighted by atomic mass is 10.3. The van der Waals surface area contributed by atoms with Crippen molar-refractivity contribution in [2.24, 2.45) is 0 Å². The van der Waals surface area contributed by atoms with E-state index in [9.17, 15) is 8.42 Å². The van der Waals surface area contributed by atoms with E-state index in [1.54, 1.807) is 14.0 Å². The zero-order valence-corrected chi connectivity index (χ0v) is 11.6. The second kappa shape index (κ2) is 5.66. The van der Waals surface area contributed by atoms with Crippen LogP contribution < -0.4 is 10.0 Å². The van der Waals surface area contributed by atoms with Crippen molar-refractivity contribution in [3.8, 4) is 0 Å². The maximum Gasteiger partial charge on any atom is 0.242 e. The average molecular weight is 278 g/mol. The second-order valence-electron chi connectivity index (χ2n) is 3.68. The van der Waals surface area contributed by atoms with E-state index in [0.717, 1.165) is 6.42 Å². The normalized spacial score (nSPS) is 13.4. The monoisotopic (exact) mass is 277 g/mol. The van der Waals surface area contributed by atoms with Gasteiger partial charge in [0.1, 0.15) is 10.7 Å². The molecule has 1 atom stereocenters. The first-order valence-corrected chi connectivity index (χ1v) is 7.12. The molecule has 96 valence electrons. The van der Waals surface area contributed by atoms with Gasteiger partial charge in [0.05, 0.1) is 5.02 Å². The molecule has 1 aromatic heterocycles. The van der Waals surface area contributed by atoms with Crippen LogP contribution in [0.1, 0.15) is 20.3 Å². The summed E-state index contributed by atoms with van der Waals surface area (Å²) in [6, 6.07) is 1.26. The van der Waals surface area contributed by atoms with Crippen LogP contribution in [0.25, 0.3) is 0 Å². The van der Waals surface area contributed by atoms with E-state index in [1.165, 1.54) is 12.3 Å². The zero-order chi connectivity index (χ0) is 13.1. The third-order valence-corrected chi connectivity index (χ3v) is 4.18. The van der Waals surface area contributed by atoms with Crippen LogP contribution in [0.4, 0.5) is 5.82 Å². The number of nitrogens with zero attached hydrogens (tertiary/aromatic N) is 1. The molecule has 1 aromatic rings. The molecule has 0 aliphatic rings. The minimum absolute atomic E-state index is 0.0711. The number of aromatic nitrogens is 1. The van der Waals surface area contributed by atoms with Gasteiger partial charge in [0, 0.05) is 19.3 Å². The van der Waals surface area contributed by atoms with Crippen LogP contribution in [0.2, 0.25) is 5.02 Å². The second-order valence-corrected chi connectivity index (χ2v) is 5.80. The van der Waals surface area contributed by atoms with E-state index in [4.69, 9.17) is 11.6 Å². The molecule has 0 aromatic carbocycles. The van der Waals surface area contributed by atoms with Crippen molar-refractivity contribution in [2.75, 3.05) is 12.4 Å². The summed E-state index contributed by atoms with van der Waals surface area (Å²) in [6.45, 7) is 3.71. The minimum atomic E-state index is -3.54. The molecule has 7 heteroatoms. The molecular weight excluding hydrogens is 262 g/mol. The lowest BCUT2D eigenvalue weighted by molar-refractivity contribution is 0.555. The Hall–Kier alpha value is -0.850. The Morgan fingerprint density at radius 3 is 2.65 bits per heavy atom. The highest BCUT2D eigenvalue weighted by molar-refractivity contribution is 7.89. The highest BCUT2D eigenvalue weighted by atomic mass is 35.5. The van der Waals surface area contributed by atoms with Crippen LogP contribution in [-0.4, -0.2) is 26.5 Å². The number of hydrogen-bond donors (Lipinski definition) is 2. The van der Waals surface area contributed by atoms with Crippen LogP contribution in [0.3, 0.4) is 0 Å². The van der Waals surface area contributed by atoms with Gasteiger partial charge in [-0.3, -0.25) is 0 Å². The van der Waals surface area contributed by atoms with E-state index < -0.39 is 10.0 Å². The fourth-order valence-electron chi connectivity index (χ4n) is 1.17. The lowest BCUT2D eigenvalue weighted by Crippen LogP contribution is -2.32. The third kappa shape index (κ3) is 3.55. The topological polar surface area (TPSA) is 71.1 Å². The van der Waals surface area contributed by atoms with Crippen molar-refractivity contribution in [1.29, 1.82) is 0 Å². The minimum Gasteiger partial charge on any atom is -0.372 e. The molecule has 0 saturated carbocycles. The Bertz CT molecular complexity index is 490. The first kappa shape index (κ1) is 14.2. The summed E-state index contributed by atoms with van der Waals surface area (Å²) in [4.78, 5) is 4.01. The van der Waals surface area contributed by atoms with Gasteiger partial charge < -0.3 is 5.32 Å². The van der Waals surface area contributed by atoms with Gasteiger partial charge in [-0.15, -0.1) is 0 Å². The van der Waals surface area contributed by atoms with Crippen LogP contribution in [0.5, 0.6) is 0 Å². The van der Waals surface area contributed by atoms with Crippen molar-refractivity contribution in [1.82, 2.24) is 9.71 Å². The molecule has 0 radical (unpaired) electrons. The van der Waals surface area contributed by atoms with E-state index >= 15 is 0 Å². The molecule has 0 aliphatic carbocycles. The number of rotatable bonds is 5. The number of nitrogens with one attached hydrogen (secondary N) is 2. The highest BCUT2D eigenvalue weighted by Crippen LogP contribution is 2.22. The van der Waals surface area contributed by atoms with Crippen molar-refractivity contribution in [3.63, 3.8) is 0 Å². The first-order chi connectivity index (χ1) is 7.90. The number of pyridine rings is 1. The summed E-state index contributed by atoms with van der Waals surface area (Å²) in [5, 5.41) is 3.04. The summed E-state index contributed by atoms with van der Waals surface area (Å²) in [5.41, 5.74) is 0. The third-order valence-electron chi connectivity index (χ3n) is 2.33. The maximum atomic E-state index is 11.9. The van der Waals surface area contributed by atoms with Gasteiger partial charge in [-0.1, -0.05) is 18.5 Å². The molecule has 1 rings (SSSR count). The first-order valence-electron chi connectivity index (χ1n) is 5.26. The van der Waals surface area contributed by atoms with Crippen molar-refractivity contribution < 1.29 is 8.42 Å².